The number of carbonyl (C=O) groups is 2. The predicted octanol–water partition coefficient (Wildman–Crippen LogP) is 3.50. The highest BCUT2D eigenvalue weighted by Crippen LogP contribution is 2.20. The smallest absolute Gasteiger partial charge is 0.341 e. The summed E-state index contributed by atoms with van der Waals surface area (Å²) in [7, 11) is 2.98. The molecule has 0 aliphatic rings. The van der Waals surface area contributed by atoms with Crippen LogP contribution >= 0.6 is 0 Å². The Balaban J connectivity index is 1.66. The van der Waals surface area contributed by atoms with Crippen molar-refractivity contribution in [3.63, 3.8) is 0 Å². The number of likely N-dealkylation sites (N-methyl/N-ethyl adjacent to an activating group) is 1. The molecule has 0 fully saturated rings. The minimum absolute atomic E-state index is 0.0512. The number of methoxy groups -OCH3 is 1. The fourth-order valence-corrected chi connectivity index (χ4v) is 3.76. The molecular weight excluding hydrogens is 396 g/mol. The summed E-state index contributed by atoms with van der Waals surface area (Å²) in [5, 5.41) is 1.14. The van der Waals surface area contributed by atoms with Gasteiger partial charge in [0.05, 0.1) is 24.7 Å². The standard InChI is InChI=1S/C24H22N2O5/c1-15-19(24(29)30-3)12-16(31-15)13-25(2)22(27)14-26-20-10-6-4-8-17(20)23(28)18-9-5-7-11-21(18)26/h4-12H,13-14H2,1-3H3. The van der Waals surface area contributed by atoms with E-state index in [1.807, 2.05) is 41.0 Å². The maximum absolute atomic E-state index is 13.1. The van der Waals surface area contributed by atoms with Crippen LogP contribution in [0.3, 0.4) is 0 Å². The van der Waals surface area contributed by atoms with Crippen LogP contribution in [-0.2, 0) is 22.6 Å². The zero-order valence-electron chi connectivity index (χ0n) is 17.5. The van der Waals surface area contributed by atoms with E-state index in [1.165, 1.54) is 12.0 Å². The molecule has 4 aromatic rings. The van der Waals surface area contributed by atoms with Gasteiger partial charge in [0.1, 0.15) is 23.6 Å². The second kappa shape index (κ2) is 8.10. The molecule has 2 aromatic heterocycles. The summed E-state index contributed by atoms with van der Waals surface area (Å²) >= 11 is 0. The highest BCUT2D eigenvalue weighted by molar-refractivity contribution is 5.95. The third-order valence-electron chi connectivity index (χ3n) is 5.37. The SMILES string of the molecule is COC(=O)c1cc(CN(C)C(=O)Cn2c3ccccc3c(=O)c3ccccc32)oc1C. The molecule has 158 valence electrons. The second-order valence-corrected chi connectivity index (χ2v) is 7.37. The van der Waals surface area contributed by atoms with Crippen LogP contribution in [0.2, 0.25) is 0 Å². The van der Waals surface area contributed by atoms with Gasteiger partial charge in [0.25, 0.3) is 0 Å². The average Bonchev–Trinajstić information content (AvgIpc) is 3.15. The van der Waals surface area contributed by atoms with Crippen LogP contribution in [0.4, 0.5) is 0 Å². The fraction of sp³-hybridized carbons (Fsp3) is 0.208. The summed E-state index contributed by atoms with van der Waals surface area (Å²) in [6.45, 7) is 1.93. The maximum atomic E-state index is 13.1. The molecule has 31 heavy (non-hydrogen) atoms. The van der Waals surface area contributed by atoms with Crippen molar-refractivity contribution in [1.82, 2.24) is 9.47 Å². The molecule has 0 unspecified atom stereocenters. The Kier molecular flexibility index (Phi) is 5.33. The number of ether oxygens (including phenoxy) is 1. The molecule has 2 heterocycles. The third-order valence-corrected chi connectivity index (χ3v) is 5.37. The number of benzene rings is 2. The Morgan fingerprint density at radius 2 is 1.61 bits per heavy atom. The first-order valence-electron chi connectivity index (χ1n) is 9.82. The van der Waals surface area contributed by atoms with E-state index in [-0.39, 0.29) is 24.4 Å². The molecule has 7 heteroatoms. The molecule has 7 nitrogen and oxygen atoms in total. The van der Waals surface area contributed by atoms with Crippen molar-refractivity contribution >= 4 is 33.7 Å². The number of pyridine rings is 1. The molecule has 2 aromatic carbocycles. The summed E-state index contributed by atoms with van der Waals surface area (Å²) in [6, 6.07) is 16.1. The van der Waals surface area contributed by atoms with Gasteiger partial charge in [-0.25, -0.2) is 4.79 Å². The van der Waals surface area contributed by atoms with Crippen LogP contribution in [0.5, 0.6) is 0 Å². The number of nitrogens with zero attached hydrogens (tertiary/aromatic N) is 2. The van der Waals surface area contributed by atoms with Gasteiger partial charge in [-0.3, -0.25) is 9.59 Å². The van der Waals surface area contributed by atoms with E-state index in [9.17, 15) is 14.4 Å². The molecule has 0 bridgehead atoms. The lowest BCUT2D eigenvalue weighted by atomic mass is 10.1. The number of furan rings is 1. The largest absolute Gasteiger partial charge is 0.465 e. The Morgan fingerprint density at radius 3 is 2.19 bits per heavy atom. The fourth-order valence-electron chi connectivity index (χ4n) is 3.76. The molecule has 0 radical (unpaired) electrons. The van der Waals surface area contributed by atoms with Crippen molar-refractivity contribution in [1.29, 1.82) is 0 Å². The Morgan fingerprint density at radius 1 is 1.03 bits per heavy atom. The average molecular weight is 418 g/mol. The van der Waals surface area contributed by atoms with Crippen molar-refractivity contribution in [2.45, 2.75) is 20.0 Å². The number of carbonyl (C=O) groups excluding carboxylic acids is 2. The van der Waals surface area contributed by atoms with Gasteiger partial charge in [-0.15, -0.1) is 0 Å². The lowest BCUT2D eigenvalue weighted by molar-refractivity contribution is -0.131. The van der Waals surface area contributed by atoms with Gasteiger partial charge in [-0.1, -0.05) is 24.3 Å². The van der Waals surface area contributed by atoms with Crippen molar-refractivity contribution in [2.75, 3.05) is 14.2 Å². The van der Waals surface area contributed by atoms with Crippen LogP contribution in [0.1, 0.15) is 21.9 Å². The van der Waals surface area contributed by atoms with E-state index in [4.69, 9.17) is 9.15 Å². The van der Waals surface area contributed by atoms with E-state index >= 15 is 0 Å². The Hall–Kier alpha value is -3.87. The Bertz CT molecular complexity index is 1310. The Labute approximate surface area is 178 Å². The number of para-hydroxylation sites is 2. The normalized spacial score (nSPS) is 11.1. The lowest BCUT2D eigenvalue weighted by Gasteiger charge is -2.19. The summed E-state index contributed by atoms with van der Waals surface area (Å²) in [4.78, 5) is 39.2. The number of esters is 1. The summed E-state index contributed by atoms with van der Waals surface area (Å²) in [5.41, 5.74) is 1.70. The minimum Gasteiger partial charge on any atom is -0.465 e. The van der Waals surface area contributed by atoms with Gasteiger partial charge in [0.2, 0.25) is 5.91 Å². The highest BCUT2D eigenvalue weighted by Gasteiger charge is 2.19. The first-order valence-corrected chi connectivity index (χ1v) is 9.82. The lowest BCUT2D eigenvalue weighted by Crippen LogP contribution is -2.30. The number of fused-ring (bicyclic) bond motifs is 2. The molecule has 0 saturated carbocycles. The van der Waals surface area contributed by atoms with Crippen LogP contribution in [0.15, 0.2) is 63.8 Å². The monoisotopic (exact) mass is 418 g/mol. The maximum Gasteiger partial charge on any atom is 0.341 e. The molecule has 0 saturated heterocycles. The van der Waals surface area contributed by atoms with Crippen molar-refractivity contribution in [2.24, 2.45) is 0 Å². The number of aryl methyl sites for hydroxylation is 1. The molecule has 0 atom stereocenters. The minimum atomic E-state index is -0.479. The number of hydrogen-bond acceptors (Lipinski definition) is 5. The van der Waals surface area contributed by atoms with E-state index in [0.717, 1.165) is 0 Å². The van der Waals surface area contributed by atoms with Crippen molar-refractivity contribution < 1.29 is 18.7 Å². The summed E-state index contributed by atoms with van der Waals surface area (Å²) in [5.74, 6) is 0.295. The summed E-state index contributed by atoms with van der Waals surface area (Å²) < 4.78 is 12.2. The molecule has 1 amide bonds. The highest BCUT2D eigenvalue weighted by atomic mass is 16.5. The summed E-state index contributed by atoms with van der Waals surface area (Å²) in [6.07, 6.45) is 0. The van der Waals surface area contributed by atoms with Crippen LogP contribution < -0.4 is 5.43 Å². The zero-order valence-corrected chi connectivity index (χ0v) is 17.5. The second-order valence-electron chi connectivity index (χ2n) is 7.37. The van der Waals surface area contributed by atoms with Gasteiger partial charge >= 0.3 is 5.97 Å². The first kappa shape index (κ1) is 20.4. The quantitative estimate of drug-likeness (QED) is 0.366. The molecular formula is C24H22N2O5. The van der Waals surface area contributed by atoms with Gasteiger partial charge < -0.3 is 18.6 Å². The number of hydrogen-bond donors (Lipinski definition) is 0. The molecule has 0 aliphatic heterocycles. The zero-order chi connectivity index (χ0) is 22.1. The van der Waals surface area contributed by atoms with Gasteiger partial charge in [-0.2, -0.15) is 0 Å². The topological polar surface area (TPSA) is 81.8 Å². The van der Waals surface area contributed by atoms with Crippen molar-refractivity contribution in [3.8, 4) is 0 Å². The van der Waals surface area contributed by atoms with Gasteiger partial charge in [0, 0.05) is 17.8 Å². The van der Waals surface area contributed by atoms with Gasteiger partial charge in [-0.05, 0) is 37.3 Å². The van der Waals surface area contributed by atoms with Crippen LogP contribution in [-0.4, -0.2) is 35.5 Å². The molecule has 0 N–H and O–H groups in total. The number of amides is 1. The first-order chi connectivity index (χ1) is 14.9. The molecule has 0 aliphatic carbocycles. The van der Waals surface area contributed by atoms with E-state index in [1.54, 1.807) is 32.2 Å². The molecule has 4 rings (SSSR count). The third kappa shape index (κ3) is 3.70. The van der Waals surface area contributed by atoms with Gasteiger partial charge in [0.15, 0.2) is 5.43 Å². The van der Waals surface area contributed by atoms with E-state index in [2.05, 4.69) is 0 Å². The predicted molar refractivity (Wildman–Crippen MR) is 117 cm³/mol. The van der Waals surface area contributed by atoms with Crippen LogP contribution in [0.25, 0.3) is 21.8 Å². The van der Waals surface area contributed by atoms with E-state index < -0.39 is 5.97 Å². The number of rotatable bonds is 5. The van der Waals surface area contributed by atoms with E-state index in [0.29, 0.717) is 38.9 Å². The molecule has 0 spiro atoms. The van der Waals surface area contributed by atoms with Crippen LogP contribution in [0, 0.1) is 6.92 Å². The number of aromatic nitrogens is 1. The van der Waals surface area contributed by atoms with Crippen molar-refractivity contribution in [3.05, 3.63) is 81.9 Å².